The monoisotopic (exact) mass is 447 g/mol. The van der Waals surface area contributed by atoms with Crippen LogP contribution in [0.1, 0.15) is 5.56 Å². The summed E-state index contributed by atoms with van der Waals surface area (Å²) < 4.78 is 16.6. The standard InChI is InChI=1S/C19H18BrN3O3S/c1-24-14-6-4-13(5-7-14)16-11-27-19(22-16)23-21-10-12-8-15(20)18(26-3)17(9-12)25-2/h4-11H,1-3H3,(H,22,23)/b21-10-. The summed E-state index contributed by atoms with van der Waals surface area (Å²) in [6.45, 7) is 0. The van der Waals surface area contributed by atoms with Gasteiger partial charge in [0.1, 0.15) is 5.75 Å². The Morgan fingerprint density at radius 2 is 1.85 bits per heavy atom. The summed E-state index contributed by atoms with van der Waals surface area (Å²) in [5.41, 5.74) is 5.72. The lowest BCUT2D eigenvalue weighted by Crippen LogP contribution is -1.95. The zero-order chi connectivity index (χ0) is 19.2. The maximum Gasteiger partial charge on any atom is 0.203 e. The number of nitrogens with zero attached hydrogens (tertiary/aromatic N) is 2. The molecule has 6 nitrogen and oxygen atoms in total. The molecule has 2 aromatic carbocycles. The Bertz CT molecular complexity index is 942. The summed E-state index contributed by atoms with van der Waals surface area (Å²) in [5.74, 6) is 2.09. The highest BCUT2D eigenvalue weighted by Crippen LogP contribution is 2.35. The molecule has 0 amide bonds. The van der Waals surface area contributed by atoms with Gasteiger partial charge in [-0.05, 0) is 57.9 Å². The SMILES string of the molecule is COc1ccc(-c2csc(N/N=C\c3cc(Br)c(OC)c(OC)c3)n2)cc1. The van der Waals surface area contributed by atoms with Gasteiger partial charge in [-0.2, -0.15) is 5.10 Å². The third-order valence-electron chi connectivity index (χ3n) is 3.72. The summed E-state index contributed by atoms with van der Waals surface area (Å²) in [4.78, 5) is 4.54. The highest BCUT2D eigenvalue weighted by molar-refractivity contribution is 9.10. The summed E-state index contributed by atoms with van der Waals surface area (Å²) in [5, 5.41) is 6.94. The van der Waals surface area contributed by atoms with E-state index in [1.54, 1.807) is 27.5 Å². The second kappa shape index (κ2) is 8.88. The molecule has 8 heteroatoms. The number of benzene rings is 2. The fraction of sp³-hybridized carbons (Fsp3) is 0.158. The van der Waals surface area contributed by atoms with Crippen molar-refractivity contribution in [2.24, 2.45) is 5.10 Å². The van der Waals surface area contributed by atoms with E-state index in [-0.39, 0.29) is 0 Å². The largest absolute Gasteiger partial charge is 0.497 e. The highest BCUT2D eigenvalue weighted by atomic mass is 79.9. The molecular weight excluding hydrogens is 430 g/mol. The van der Waals surface area contributed by atoms with E-state index in [1.807, 2.05) is 41.8 Å². The van der Waals surface area contributed by atoms with Gasteiger partial charge in [-0.15, -0.1) is 11.3 Å². The Balaban J connectivity index is 1.70. The molecule has 27 heavy (non-hydrogen) atoms. The number of anilines is 1. The highest BCUT2D eigenvalue weighted by Gasteiger charge is 2.09. The molecule has 0 bridgehead atoms. The minimum atomic E-state index is 0.629. The van der Waals surface area contributed by atoms with Crippen molar-refractivity contribution in [3.63, 3.8) is 0 Å². The number of aromatic nitrogens is 1. The first-order valence-corrected chi connectivity index (χ1v) is 9.62. The van der Waals surface area contributed by atoms with Gasteiger partial charge < -0.3 is 14.2 Å². The second-order valence-corrected chi connectivity index (χ2v) is 7.09. The summed E-state index contributed by atoms with van der Waals surface area (Å²) in [6.07, 6.45) is 1.70. The van der Waals surface area contributed by atoms with Crippen molar-refractivity contribution >= 4 is 38.6 Å². The molecule has 1 heterocycles. The molecule has 0 radical (unpaired) electrons. The number of ether oxygens (including phenoxy) is 3. The number of nitrogens with one attached hydrogen (secondary N) is 1. The van der Waals surface area contributed by atoms with Crippen LogP contribution < -0.4 is 19.6 Å². The van der Waals surface area contributed by atoms with E-state index in [0.717, 1.165) is 27.0 Å². The minimum absolute atomic E-state index is 0.629. The number of halogens is 1. The van der Waals surface area contributed by atoms with Crippen LogP contribution in [0, 0.1) is 0 Å². The molecule has 0 saturated carbocycles. The number of methoxy groups -OCH3 is 3. The Morgan fingerprint density at radius 1 is 1.07 bits per heavy atom. The van der Waals surface area contributed by atoms with Gasteiger partial charge in [0.2, 0.25) is 5.13 Å². The summed E-state index contributed by atoms with van der Waals surface area (Å²) in [7, 11) is 4.84. The Hall–Kier alpha value is -2.58. The van der Waals surface area contributed by atoms with Crippen LogP contribution >= 0.6 is 27.3 Å². The van der Waals surface area contributed by atoms with Gasteiger partial charge >= 0.3 is 0 Å². The normalized spacial score (nSPS) is 10.8. The topological polar surface area (TPSA) is 65.0 Å². The first-order valence-electron chi connectivity index (χ1n) is 7.95. The third kappa shape index (κ3) is 4.58. The maximum atomic E-state index is 5.33. The van der Waals surface area contributed by atoms with Crippen LogP contribution in [0.2, 0.25) is 0 Å². The smallest absolute Gasteiger partial charge is 0.203 e. The number of rotatable bonds is 7. The van der Waals surface area contributed by atoms with E-state index in [2.05, 4.69) is 31.4 Å². The van der Waals surface area contributed by atoms with Gasteiger partial charge in [0, 0.05) is 10.9 Å². The molecule has 0 atom stereocenters. The Labute approximate surface area is 169 Å². The van der Waals surface area contributed by atoms with Gasteiger partial charge in [-0.3, -0.25) is 5.43 Å². The van der Waals surface area contributed by atoms with E-state index in [1.165, 1.54) is 11.3 Å². The third-order valence-corrected chi connectivity index (χ3v) is 5.06. The predicted molar refractivity (Wildman–Crippen MR) is 113 cm³/mol. The van der Waals surface area contributed by atoms with E-state index < -0.39 is 0 Å². The number of hydrogen-bond acceptors (Lipinski definition) is 7. The number of thiazole rings is 1. The Morgan fingerprint density at radius 3 is 2.52 bits per heavy atom. The van der Waals surface area contributed by atoms with Crippen molar-refractivity contribution in [1.29, 1.82) is 0 Å². The van der Waals surface area contributed by atoms with Gasteiger partial charge in [0.25, 0.3) is 0 Å². The first-order chi connectivity index (χ1) is 13.1. The van der Waals surface area contributed by atoms with Gasteiger partial charge in [-0.1, -0.05) is 0 Å². The summed E-state index contributed by atoms with van der Waals surface area (Å²) >= 11 is 4.95. The van der Waals surface area contributed by atoms with E-state index in [0.29, 0.717) is 16.6 Å². The van der Waals surface area contributed by atoms with E-state index in [9.17, 15) is 0 Å². The average Bonchev–Trinajstić information content (AvgIpc) is 3.16. The molecule has 1 N–H and O–H groups in total. The van der Waals surface area contributed by atoms with Crippen LogP contribution in [-0.2, 0) is 0 Å². The molecule has 3 rings (SSSR count). The lowest BCUT2D eigenvalue weighted by molar-refractivity contribution is 0.353. The molecule has 1 aromatic heterocycles. The van der Waals surface area contributed by atoms with Crippen LogP contribution in [0.4, 0.5) is 5.13 Å². The fourth-order valence-corrected chi connectivity index (χ4v) is 3.68. The fourth-order valence-electron chi connectivity index (χ4n) is 2.39. The van der Waals surface area contributed by atoms with Gasteiger partial charge in [0.05, 0.1) is 37.7 Å². The lowest BCUT2D eigenvalue weighted by Gasteiger charge is -2.10. The van der Waals surface area contributed by atoms with E-state index in [4.69, 9.17) is 14.2 Å². The molecule has 0 aliphatic carbocycles. The van der Waals surface area contributed by atoms with Gasteiger partial charge in [-0.25, -0.2) is 4.98 Å². The molecule has 3 aromatic rings. The van der Waals surface area contributed by atoms with Crippen LogP contribution in [0.25, 0.3) is 11.3 Å². The summed E-state index contributed by atoms with van der Waals surface area (Å²) in [6, 6.07) is 11.5. The lowest BCUT2D eigenvalue weighted by atomic mass is 10.2. The van der Waals surface area contributed by atoms with Crippen molar-refractivity contribution in [3.8, 4) is 28.5 Å². The number of hydrazone groups is 1. The molecule has 0 fully saturated rings. The first kappa shape index (κ1) is 19.2. The van der Waals surface area contributed by atoms with E-state index >= 15 is 0 Å². The average molecular weight is 448 g/mol. The predicted octanol–water partition coefficient (Wildman–Crippen LogP) is 5.04. The number of hydrogen-bond donors (Lipinski definition) is 1. The molecule has 0 aliphatic heterocycles. The molecule has 0 saturated heterocycles. The van der Waals surface area contributed by atoms with Crippen LogP contribution in [0.15, 0.2) is 51.4 Å². The van der Waals surface area contributed by atoms with Crippen molar-refractivity contribution in [2.75, 3.05) is 26.8 Å². The van der Waals surface area contributed by atoms with Crippen molar-refractivity contribution in [1.82, 2.24) is 4.98 Å². The van der Waals surface area contributed by atoms with Crippen LogP contribution in [0.5, 0.6) is 17.2 Å². The van der Waals surface area contributed by atoms with Crippen LogP contribution in [0.3, 0.4) is 0 Å². The van der Waals surface area contributed by atoms with Crippen LogP contribution in [-0.4, -0.2) is 32.5 Å². The molecule has 0 aliphatic rings. The quantitative estimate of drug-likeness (QED) is 0.405. The molecule has 0 spiro atoms. The maximum absolute atomic E-state index is 5.33. The zero-order valence-electron chi connectivity index (χ0n) is 15.0. The minimum Gasteiger partial charge on any atom is -0.497 e. The molecule has 0 unspecified atom stereocenters. The van der Waals surface area contributed by atoms with Crippen molar-refractivity contribution in [3.05, 3.63) is 51.8 Å². The molecule has 140 valence electrons. The van der Waals surface area contributed by atoms with Crippen molar-refractivity contribution in [2.45, 2.75) is 0 Å². The van der Waals surface area contributed by atoms with Gasteiger partial charge in [0.15, 0.2) is 11.5 Å². The second-order valence-electron chi connectivity index (χ2n) is 5.37. The zero-order valence-corrected chi connectivity index (χ0v) is 17.4. The Kier molecular flexibility index (Phi) is 6.31. The molecular formula is C19H18BrN3O3S. The van der Waals surface area contributed by atoms with Crippen molar-refractivity contribution < 1.29 is 14.2 Å².